The predicted octanol–water partition coefficient (Wildman–Crippen LogP) is 4.44. The first-order chi connectivity index (χ1) is 7.24. The topological polar surface area (TPSA) is 143 Å². The summed E-state index contributed by atoms with van der Waals surface area (Å²) in [5.74, 6) is 0. The Morgan fingerprint density at radius 1 is 0.375 bits per heavy atom. The molecule has 0 bridgehead atoms. The third kappa shape index (κ3) is 62.7. The van der Waals surface area contributed by atoms with Crippen LogP contribution in [0.5, 0.6) is 0 Å². The van der Waals surface area contributed by atoms with E-state index in [4.69, 9.17) is 34.4 Å². The Morgan fingerprint density at radius 3 is 0.500 bits per heavy atom. The van der Waals surface area contributed by atoms with E-state index in [0.29, 0.717) is 39.3 Å². The van der Waals surface area contributed by atoms with Crippen LogP contribution in [-0.2, 0) is 21.7 Å². The summed E-state index contributed by atoms with van der Waals surface area (Å²) in [4.78, 5) is 0. The SMILES string of the molecule is [NH-]CCC[NH-].[NH-]CCC[NH-].[NH-]CCC[NH-].[Ti]. The van der Waals surface area contributed by atoms with Crippen LogP contribution in [0, 0.1) is 0 Å². The van der Waals surface area contributed by atoms with Gasteiger partial charge in [-0.2, -0.15) is 39.3 Å². The standard InChI is InChI=1S/3C3H8N2.Ti/c3*4-2-1-3-5;/h3*4-5H,1-3H2;/q3*-2;. The second-order valence-electron chi connectivity index (χ2n) is 2.56. The molecule has 7 heteroatoms. The van der Waals surface area contributed by atoms with Gasteiger partial charge >= 0.3 is 0 Å². The molecule has 0 fully saturated rings. The molecule has 0 aliphatic carbocycles. The molecule has 0 amide bonds. The summed E-state index contributed by atoms with van der Waals surface area (Å²) in [6, 6.07) is 0. The predicted molar refractivity (Wildman–Crippen MR) is 69.0 cm³/mol. The maximum Gasteiger partial charge on any atom is 0 e. The Kier molecular flexibility index (Phi) is 57.2. The molecule has 0 aliphatic rings. The van der Waals surface area contributed by atoms with E-state index in [9.17, 15) is 0 Å². The zero-order chi connectivity index (χ0) is 12.4. The monoisotopic (exact) mass is 264 g/mol. The Bertz CT molecular complexity index is 56.8. The second kappa shape index (κ2) is 36.1. The first-order valence-electron chi connectivity index (χ1n) is 5.12. The molecule has 100 valence electrons. The average Bonchev–Trinajstić information content (AvgIpc) is 2.23. The van der Waals surface area contributed by atoms with E-state index in [1.807, 2.05) is 0 Å². The maximum atomic E-state index is 6.48. The van der Waals surface area contributed by atoms with Gasteiger partial charge in [-0.25, -0.2) is 0 Å². The van der Waals surface area contributed by atoms with Gasteiger partial charge in [0.05, 0.1) is 0 Å². The number of hydrogen-bond acceptors (Lipinski definition) is 0. The van der Waals surface area contributed by atoms with E-state index in [1.54, 1.807) is 0 Å². The van der Waals surface area contributed by atoms with Crippen molar-refractivity contribution in [2.75, 3.05) is 39.3 Å². The summed E-state index contributed by atoms with van der Waals surface area (Å²) >= 11 is 0. The Balaban J connectivity index is -0.0000000655. The molecule has 0 aromatic rings. The van der Waals surface area contributed by atoms with Crippen molar-refractivity contribution in [2.45, 2.75) is 19.3 Å². The first kappa shape index (κ1) is 25.4. The van der Waals surface area contributed by atoms with Gasteiger partial charge in [0.15, 0.2) is 0 Å². The van der Waals surface area contributed by atoms with Crippen molar-refractivity contribution in [1.82, 2.24) is 0 Å². The fourth-order valence-corrected chi connectivity index (χ4v) is 0.265. The summed E-state index contributed by atoms with van der Waals surface area (Å²) < 4.78 is 0. The molecule has 16 heavy (non-hydrogen) atoms. The van der Waals surface area contributed by atoms with Crippen molar-refractivity contribution in [2.24, 2.45) is 0 Å². The molecule has 0 saturated heterocycles. The van der Waals surface area contributed by atoms with E-state index in [2.05, 4.69) is 0 Å². The van der Waals surface area contributed by atoms with Crippen molar-refractivity contribution in [3.8, 4) is 0 Å². The molecular weight excluding hydrogens is 240 g/mol. The van der Waals surface area contributed by atoms with Crippen LogP contribution in [0.15, 0.2) is 0 Å². The molecular formula is C9H24N6Ti-6. The van der Waals surface area contributed by atoms with Crippen molar-refractivity contribution < 1.29 is 21.7 Å². The Morgan fingerprint density at radius 2 is 0.500 bits per heavy atom. The minimum absolute atomic E-state index is 0. The largest absolute Gasteiger partial charge is 0.677 e. The zero-order valence-electron chi connectivity index (χ0n) is 9.86. The number of rotatable bonds is 6. The van der Waals surface area contributed by atoms with E-state index in [1.165, 1.54) is 0 Å². The minimum atomic E-state index is 0. The fourth-order valence-electron chi connectivity index (χ4n) is 0.265. The quantitative estimate of drug-likeness (QED) is 0.624. The van der Waals surface area contributed by atoms with Crippen molar-refractivity contribution in [3.63, 3.8) is 0 Å². The first-order valence-corrected chi connectivity index (χ1v) is 5.12. The van der Waals surface area contributed by atoms with Gasteiger partial charge in [0.1, 0.15) is 0 Å². The molecule has 0 aromatic carbocycles. The second-order valence-corrected chi connectivity index (χ2v) is 2.56. The van der Waals surface area contributed by atoms with Crippen molar-refractivity contribution in [1.29, 1.82) is 0 Å². The molecule has 0 radical (unpaired) electrons. The smallest absolute Gasteiger partial charge is 0 e. The summed E-state index contributed by atoms with van der Waals surface area (Å²) in [5, 5.41) is 0. The molecule has 0 saturated carbocycles. The summed E-state index contributed by atoms with van der Waals surface area (Å²) in [5.41, 5.74) is 38.9. The molecule has 6 N–H and O–H groups in total. The van der Waals surface area contributed by atoms with Crippen LogP contribution < -0.4 is 0 Å². The maximum absolute atomic E-state index is 6.48. The van der Waals surface area contributed by atoms with Gasteiger partial charge in [0.2, 0.25) is 0 Å². The van der Waals surface area contributed by atoms with Crippen LogP contribution >= 0.6 is 0 Å². The van der Waals surface area contributed by atoms with Crippen LogP contribution in [0.1, 0.15) is 19.3 Å². The summed E-state index contributed by atoms with van der Waals surface area (Å²) in [7, 11) is 0. The van der Waals surface area contributed by atoms with Gasteiger partial charge in [0.25, 0.3) is 0 Å². The molecule has 0 atom stereocenters. The average molecular weight is 264 g/mol. The van der Waals surface area contributed by atoms with Gasteiger partial charge in [-0.15, -0.1) is 0 Å². The zero-order valence-corrected chi connectivity index (χ0v) is 11.4. The summed E-state index contributed by atoms with van der Waals surface area (Å²) in [6.45, 7) is 2.44. The molecule has 0 heterocycles. The number of nitrogens with one attached hydrogen (secondary N) is 6. The van der Waals surface area contributed by atoms with E-state index in [0.717, 1.165) is 19.3 Å². The van der Waals surface area contributed by atoms with E-state index in [-0.39, 0.29) is 21.7 Å². The minimum Gasteiger partial charge on any atom is -0.677 e. The van der Waals surface area contributed by atoms with Crippen LogP contribution in [0.25, 0.3) is 34.4 Å². The molecule has 0 aliphatic heterocycles. The Hall–Kier alpha value is 0.474. The molecule has 0 aromatic heterocycles. The molecule has 0 rings (SSSR count). The van der Waals surface area contributed by atoms with Crippen LogP contribution in [0.2, 0.25) is 0 Å². The van der Waals surface area contributed by atoms with E-state index < -0.39 is 0 Å². The van der Waals surface area contributed by atoms with Gasteiger partial charge in [0, 0.05) is 21.7 Å². The van der Waals surface area contributed by atoms with E-state index >= 15 is 0 Å². The van der Waals surface area contributed by atoms with Crippen LogP contribution in [-0.4, -0.2) is 39.3 Å². The van der Waals surface area contributed by atoms with Crippen molar-refractivity contribution >= 4 is 0 Å². The third-order valence-electron chi connectivity index (χ3n) is 1.06. The number of hydrogen-bond donors (Lipinski definition) is 0. The van der Waals surface area contributed by atoms with Gasteiger partial charge in [-0.05, 0) is 0 Å². The van der Waals surface area contributed by atoms with Gasteiger partial charge in [-0.3, -0.25) is 0 Å². The normalized spacial score (nSPS) is 7.88. The van der Waals surface area contributed by atoms with Crippen molar-refractivity contribution in [3.05, 3.63) is 34.4 Å². The Labute approximate surface area is 115 Å². The molecule has 0 spiro atoms. The molecule has 6 nitrogen and oxygen atoms in total. The third-order valence-corrected chi connectivity index (χ3v) is 1.06. The van der Waals surface area contributed by atoms with Gasteiger partial charge < -0.3 is 34.4 Å². The van der Waals surface area contributed by atoms with Crippen LogP contribution in [0.4, 0.5) is 0 Å². The fraction of sp³-hybridized carbons (Fsp3) is 1.00. The van der Waals surface area contributed by atoms with Gasteiger partial charge in [-0.1, -0.05) is 19.3 Å². The summed E-state index contributed by atoms with van der Waals surface area (Å²) in [6.07, 6.45) is 2.17. The van der Waals surface area contributed by atoms with Crippen LogP contribution in [0.3, 0.4) is 0 Å². The molecule has 0 unspecified atom stereocenters.